The van der Waals surface area contributed by atoms with Crippen LogP contribution in [0.3, 0.4) is 0 Å². The molecule has 1 aromatic heterocycles. The van der Waals surface area contributed by atoms with E-state index in [4.69, 9.17) is 0 Å². The Balaban J connectivity index is 1.87. The van der Waals surface area contributed by atoms with Crippen molar-refractivity contribution in [3.8, 4) is 0 Å². The minimum Gasteiger partial charge on any atom is -0.388 e. The molecule has 0 fully saturated rings. The molecule has 0 saturated carbocycles. The number of hydrogen-bond acceptors (Lipinski definition) is 3. The van der Waals surface area contributed by atoms with Crippen molar-refractivity contribution in [2.75, 3.05) is 5.75 Å². The minimum atomic E-state index is -0.771. The van der Waals surface area contributed by atoms with Gasteiger partial charge in [-0.05, 0) is 42.7 Å². The molecule has 0 aliphatic rings. The van der Waals surface area contributed by atoms with E-state index >= 15 is 0 Å². The largest absolute Gasteiger partial charge is 0.388 e. The zero-order chi connectivity index (χ0) is 16.0. The smallest absolute Gasteiger partial charge is 0.0946 e. The Kier molecular flexibility index (Phi) is 6.09. The summed E-state index contributed by atoms with van der Waals surface area (Å²) in [6.45, 7) is 6.94. The SMILES string of the molecule is CC(C)CCSc1ccc(CC(C)(O)Cn2ccnc2)cc1. The number of aromatic nitrogens is 2. The number of rotatable bonds is 8. The van der Waals surface area contributed by atoms with Crippen LogP contribution in [0, 0.1) is 5.92 Å². The first-order valence-electron chi connectivity index (χ1n) is 7.84. The molecule has 0 amide bonds. The summed E-state index contributed by atoms with van der Waals surface area (Å²) in [5, 5.41) is 10.6. The molecule has 120 valence electrons. The molecule has 0 aliphatic heterocycles. The molecule has 0 aliphatic carbocycles. The first-order chi connectivity index (χ1) is 10.4. The van der Waals surface area contributed by atoms with Crippen LogP contribution in [0.5, 0.6) is 0 Å². The lowest BCUT2D eigenvalue weighted by Gasteiger charge is -2.24. The van der Waals surface area contributed by atoms with E-state index in [0.717, 1.165) is 11.7 Å². The zero-order valence-corrected chi connectivity index (χ0v) is 14.5. The molecule has 0 bridgehead atoms. The molecule has 1 N–H and O–H groups in total. The monoisotopic (exact) mass is 318 g/mol. The Labute approximate surface area is 137 Å². The van der Waals surface area contributed by atoms with Crippen molar-refractivity contribution in [3.05, 3.63) is 48.5 Å². The van der Waals surface area contributed by atoms with Crippen LogP contribution in [0.2, 0.25) is 0 Å². The summed E-state index contributed by atoms with van der Waals surface area (Å²) in [6, 6.07) is 8.57. The van der Waals surface area contributed by atoms with Crippen LogP contribution in [0.1, 0.15) is 32.8 Å². The maximum atomic E-state index is 10.6. The van der Waals surface area contributed by atoms with Crippen LogP contribution in [-0.2, 0) is 13.0 Å². The normalized spacial score (nSPS) is 14.2. The van der Waals surface area contributed by atoms with E-state index in [1.807, 2.05) is 29.4 Å². The minimum absolute atomic E-state index is 0.553. The van der Waals surface area contributed by atoms with Gasteiger partial charge in [0, 0.05) is 23.7 Å². The molecule has 0 spiro atoms. The standard InChI is InChI=1S/C18H26N2OS/c1-15(2)8-11-22-17-6-4-16(5-7-17)12-18(3,21)13-20-10-9-19-14-20/h4-7,9-10,14-15,21H,8,11-13H2,1-3H3. The van der Waals surface area contributed by atoms with E-state index in [9.17, 15) is 5.11 Å². The van der Waals surface area contributed by atoms with Crippen LogP contribution < -0.4 is 0 Å². The zero-order valence-electron chi connectivity index (χ0n) is 13.7. The van der Waals surface area contributed by atoms with Gasteiger partial charge in [0.1, 0.15) is 0 Å². The third kappa shape index (κ3) is 5.85. The molecule has 1 heterocycles. The Morgan fingerprint density at radius 1 is 1.27 bits per heavy atom. The van der Waals surface area contributed by atoms with E-state index in [0.29, 0.717) is 13.0 Å². The third-order valence-corrected chi connectivity index (χ3v) is 4.60. The second-order valence-corrected chi connectivity index (χ2v) is 7.75. The summed E-state index contributed by atoms with van der Waals surface area (Å²) >= 11 is 1.90. The van der Waals surface area contributed by atoms with E-state index in [1.165, 1.54) is 16.9 Å². The molecule has 2 rings (SSSR count). The van der Waals surface area contributed by atoms with Gasteiger partial charge in [0.25, 0.3) is 0 Å². The molecule has 1 atom stereocenters. The molecular weight excluding hydrogens is 292 g/mol. The third-order valence-electron chi connectivity index (χ3n) is 3.55. The number of hydrogen-bond donors (Lipinski definition) is 1. The molecule has 1 aromatic carbocycles. The topological polar surface area (TPSA) is 38.0 Å². The van der Waals surface area contributed by atoms with Crippen molar-refractivity contribution in [3.63, 3.8) is 0 Å². The lowest BCUT2D eigenvalue weighted by molar-refractivity contribution is 0.0421. The highest BCUT2D eigenvalue weighted by atomic mass is 32.2. The number of thioether (sulfide) groups is 1. The fourth-order valence-electron chi connectivity index (χ4n) is 2.39. The summed E-state index contributed by atoms with van der Waals surface area (Å²) in [5.41, 5.74) is 0.394. The van der Waals surface area contributed by atoms with Gasteiger partial charge in [0.15, 0.2) is 0 Å². The van der Waals surface area contributed by atoms with E-state index in [2.05, 4.69) is 43.1 Å². The van der Waals surface area contributed by atoms with E-state index < -0.39 is 5.60 Å². The molecule has 0 radical (unpaired) electrons. The van der Waals surface area contributed by atoms with Crippen molar-refractivity contribution in [1.29, 1.82) is 0 Å². The predicted octanol–water partition coefficient (Wildman–Crippen LogP) is 4.02. The highest BCUT2D eigenvalue weighted by Crippen LogP contribution is 2.23. The number of nitrogens with zero attached hydrogens (tertiary/aromatic N) is 2. The molecule has 4 heteroatoms. The van der Waals surface area contributed by atoms with Gasteiger partial charge in [-0.25, -0.2) is 4.98 Å². The molecule has 1 unspecified atom stereocenters. The Hall–Kier alpha value is -1.26. The van der Waals surface area contributed by atoms with Gasteiger partial charge in [-0.1, -0.05) is 26.0 Å². The van der Waals surface area contributed by atoms with Crippen molar-refractivity contribution < 1.29 is 5.11 Å². The highest BCUT2D eigenvalue weighted by Gasteiger charge is 2.21. The van der Waals surface area contributed by atoms with Crippen LogP contribution in [-0.4, -0.2) is 26.0 Å². The molecule has 2 aromatic rings. The van der Waals surface area contributed by atoms with Crippen molar-refractivity contribution >= 4 is 11.8 Å². The van der Waals surface area contributed by atoms with E-state index in [1.54, 1.807) is 12.5 Å². The Morgan fingerprint density at radius 2 is 2.00 bits per heavy atom. The van der Waals surface area contributed by atoms with Gasteiger partial charge in [-0.3, -0.25) is 0 Å². The van der Waals surface area contributed by atoms with Crippen LogP contribution in [0.15, 0.2) is 47.9 Å². The maximum absolute atomic E-state index is 10.6. The van der Waals surface area contributed by atoms with E-state index in [-0.39, 0.29) is 0 Å². The molecular formula is C18H26N2OS. The van der Waals surface area contributed by atoms with Crippen molar-refractivity contribution in [2.24, 2.45) is 5.92 Å². The number of benzene rings is 1. The molecule has 0 saturated heterocycles. The summed E-state index contributed by atoms with van der Waals surface area (Å²) in [7, 11) is 0. The summed E-state index contributed by atoms with van der Waals surface area (Å²) in [5.74, 6) is 1.92. The van der Waals surface area contributed by atoms with Gasteiger partial charge in [-0.2, -0.15) is 0 Å². The van der Waals surface area contributed by atoms with Crippen LogP contribution >= 0.6 is 11.8 Å². The van der Waals surface area contributed by atoms with Gasteiger partial charge < -0.3 is 9.67 Å². The quantitative estimate of drug-likeness (QED) is 0.747. The first-order valence-corrected chi connectivity index (χ1v) is 8.83. The summed E-state index contributed by atoms with van der Waals surface area (Å²) in [6.07, 6.45) is 7.24. The second kappa shape index (κ2) is 7.84. The van der Waals surface area contributed by atoms with Gasteiger partial charge in [-0.15, -0.1) is 11.8 Å². The summed E-state index contributed by atoms with van der Waals surface area (Å²) < 4.78 is 1.91. The molecule has 3 nitrogen and oxygen atoms in total. The average molecular weight is 318 g/mol. The number of aliphatic hydroxyl groups is 1. The Morgan fingerprint density at radius 3 is 2.59 bits per heavy atom. The fourth-order valence-corrected chi connectivity index (χ4v) is 3.54. The van der Waals surface area contributed by atoms with Gasteiger partial charge >= 0.3 is 0 Å². The predicted molar refractivity (Wildman–Crippen MR) is 93.2 cm³/mol. The maximum Gasteiger partial charge on any atom is 0.0946 e. The average Bonchev–Trinajstić information content (AvgIpc) is 2.92. The highest BCUT2D eigenvalue weighted by molar-refractivity contribution is 7.99. The lowest BCUT2D eigenvalue weighted by atomic mass is 9.96. The van der Waals surface area contributed by atoms with Crippen molar-refractivity contribution in [2.45, 2.75) is 50.7 Å². The second-order valence-electron chi connectivity index (χ2n) is 6.58. The number of imidazole rings is 1. The van der Waals surface area contributed by atoms with Gasteiger partial charge in [0.05, 0.1) is 18.5 Å². The molecule has 22 heavy (non-hydrogen) atoms. The van der Waals surface area contributed by atoms with Crippen LogP contribution in [0.25, 0.3) is 0 Å². The Bertz CT molecular complexity index is 547. The van der Waals surface area contributed by atoms with Crippen molar-refractivity contribution in [1.82, 2.24) is 9.55 Å². The fraction of sp³-hybridized carbons (Fsp3) is 0.500. The van der Waals surface area contributed by atoms with Gasteiger partial charge in [0.2, 0.25) is 0 Å². The summed E-state index contributed by atoms with van der Waals surface area (Å²) in [4.78, 5) is 5.32. The lowest BCUT2D eigenvalue weighted by Crippen LogP contribution is -2.32. The first kappa shape index (κ1) is 17.1. The van der Waals surface area contributed by atoms with Crippen LogP contribution in [0.4, 0.5) is 0 Å².